The van der Waals surface area contributed by atoms with Gasteiger partial charge in [0.25, 0.3) is 0 Å². The molecule has 0 spiro atoms. The van der Waals surface area contributed by atoms with E-state index in [1.807, 2.05) is 13.8 Å². The molecule has 0 aliphatic carbocycles. The van der Waals surface area contributed by atoms with Crippen LogP contribution in [0.3, 0.4) is 0 Å². The van der Waals surface area contributed by atoms with Crippen molar-refractivity contribution < 1.29 is 23.0 Å². The summed E-state index contributed by atoms with van der Waals surface area (Å²) in [6.45, 7) is 5.50. The van der Waals surface area contributed by atoms with Crippen LogP contribution >= 0.6 is 0 Å². The number of halogens is 2. The van der Waals surface area contributed by atoms with Crippen molar-refractivity contribution in [1.82, 2.24) is 5.32 Å². The molecule has 4 nitrogen and oxygen atoms in total. The van der Waals surface area contributed by atoms with Gasteiger partial charge in [-0.15, -0.1) is 0 Å². The molecule has 0 heterocycles. The summed E-state index contributed by atoms with van der Waals surface area (Å²) in [4.78, 5) is 11.7. The fourth-order valence-corrected chi connectivity index (χ4v) is 1.60. The predicted molar refractivity (Wildman–Crippen MR) is 70.5 cm³/mol. The lowest BCUT2D eigenvalue weighted by molar-refractivity contribution is -0.146. The van der Waals surface area contributed by atoms with Crippen molar-refractivity contribution in [3.8, 4) is 5.75 Å². The summed E-state index contributed by atoms with van der Waals surface area (Å²) in [6.07, 6.45) is 0. The van der Waals surface area contributed by atoms with Gasteiger partial charge in [0.2, 0.25) is 5.82 Å². The number of carbonyl (C=O) groups is 1. The first-order valence-electron chi connectivity index (χ1n) is 6.45. The van der Waals surface area contributed by atoms with Crippen LogP contribution in [0.5, 0.6) is 5.75 Å². The second-order valence-electron chi connectivity index (χ2n) is 4.49. The summed E-state index contributed by atoms with van der Waals surface area (Å²) in [5.74, 6) is -2.78. The largest absolute Gasteiger partial charge is 0.488 e. The summed E-state index contributed by atoms with van der Waals surface area (Å²) < 4.78 is 36.5. The van der Waals surface area contributed by atoms with Crippen molar-refractivity contribution in [2.24, 2.45) is 0 Å². The number of rotatable bonds is 7. The zero-order valence-electron chi connectivity index (χ0n) is 11.8. The molecule has 0 bridgehead atoms. The van der Waals surface area contributed by atoms with Gasteiger partial charge in [0.15, 0.2) is 11.6 Å². The van der Waals surface area contributed by atoms with Gasteiger partial charge in [0.05, 0.1) is 6.61 Å². The first kappa shape index (κ1) is 16.4. The van der Waals surface area contributed by atoms with E-state index in [1.165, 1.54) is 12.1 Å². The molecule has 0 radical (unpaired) electrons. The monoisotopic (exact) mass is 287 g/mol. The van der Waals surface area contributed by atoms with E-state index in [1.54, 1.807) is 6.92 Å². The Kier molecular flexibility index (Phi) is 6.38. The lowest BCUT2D eigenvalue weighted by atomic mass is 10.2. The van der Waals surface area contributed by atoms with Crippen molar-refractivity contribution in [2.45, 2.75) is 32.9 Å². The Balaban J connectivity index is 2.70. The van der Waals surface area contributed by atoms with Crippen LogP contribution in [0.1, 0.15) is 20.8 Å². The standard InChI is InChI=1S/C14H19F2NO3/c1-4-19-14(18)11(17-9(2)3)8-20-12-7-5-6-10(15)13(12)16/h5-7,9,11,17H,4,8H2,1-3H3. The van der Waals surface area contributed by atoms with Gasteiger partial charge < -0.3 is 9.47 Å². The lowest BCUT2D eigenvalue weighted by Crippen LogP contribution is -2.45. The SMILES string of the molecule is CCOC(=O)C(COc1cccc(F)c1F)NC(C)C. The zero-order chi connectivity index (χ0) is 15.1. The van der Waals surface area contributed by atoms with E-state index < -0.39 is 23.6 Å². The highest BCUT2D eigenvalue weighted by Crippen LogP contribution is 2.19. The third-order valence-corrected chi connectivity index (χ3v) is 2.43. The van der Waals surface area contributed by atoms with Crippen molar-refractivity contribution in [2.75, 3.05) is 13.2 Å². The molecular weight excluding hydrogens is 268 g/mol. The Hall–Kier alpha value is -1.69. The third kappa shape index (κ3) is 4.77. The fraction of sp³-hybridized carbons (Fsp3) is 0.500. The van der Waals surface area contributed by atoms with Gasteiger partial charge in [-0.25, -0.2) is 4.39 Å². The van der Waals surface area contributed by atoms with Crippen molar-refractivity contribution >= 4 is 5.97 Å². The number of nitrogens with one attached hydrogen (secondary N) is 1. The molecule has 6 heteroatoms. The molecule has 1 atom stereocenters. The molecule has 1 aromatic rings. The second kappa shape index (κ2) is 7.79. The quantitative estimate of drug-likeness (QED) is 0.782. The summed E-state index contributed by atoms with van der Waals surface area (Å²) in [5, 5.41) is 2.95. The Labute approximate surface area is 117 Å². The Morgan fingerprint density at radius 1 is 1.35 bits per heavy atom. The van der Waals surface area contributed by atoms with E-state index in [9.17, 15) is 13.6 Å². The molecule has 0 amide bonds. The molecule has 1 N–H and O–H groups in total. The molecule has 0 aromatic heterocycles. The van der Waals surface area contributed by atoms with E-state index in [4.69, 9.17) is 9.47 Å². The summed E-state index contributed by atoms with van der Waals surface area (Å²) in [6, 6.07) is 2.92. The molecule has 0 fully saturated rings. The highest BCUT2D eigenvalue weighted by atomic mass is 19.2. The normalized spacial score (nSPS) is 12.3. The van der Waals surface area contributed by atoms with Crippen molar-refractivity contribution in [3.05, 3.63) is 29.8 Å². The maximum atomic E-state index is 13.4. The molecule has 1 aromatic carbocycles. The number of hydrogen-bond donors (Lipinski definition) is 1. The van der Waals surface area contributed by atoms with Gasteiger partial charge in [-0.1, -0.05) is 19.9 Å². The van der Waals surface area contributed by atoms with Crippen LogP contribution in [0.25, 0.3) is 0 Å². The molecular formula is C14H19F2NO3. The number of hydrogen-bond acceptors (Lipinski definition) is 4. The van der Waals surface area contributed by atoms with Crippen molar-refractivity contribution in [3.63, 3.8) is 0 Å². The minimum atomic E-state index is -1.07. The number of benzene rings is 1. The minimum Gasteiger partial charge on any atom is -0.488 e. The van der Waals surface area contributed by atoms with Gasteiger partial charge in [0, 0.05) is 6.04 Å². The molecule has 0 aliphatic rings. The van der Waals surface area contributed by atoms with E-state index in [0.717, 1.165) is 6.07 Å². The highest BCUT2D eigenvalue weighted by molar-refractivity contribution is 5.76. The maximum Gasteiger partial charge on any atom is 0.326 e. The number of carbonyl (C=O) groups excluding carboxylic acids is 1. The molecule has 0 saturated carbocycles. The first-order valence-corrected chi connectivity index (χ1v) is 6.45. The van der Waals surface area contributed by atoms with Gasteiger partial charge >= 0.3 is 5.97 Å². The van der Waals surface area contributed by atoms with Crippen LogP contribution < -0.4 is 10.1 Å². The van der Waals surface area contributed by atoms with Crippen molar-refractivity contribution in [1.29, 1.82) is 0 Å². The fourth-order valence-electron chi connectivity index (χ4n) is 1.60. The van der Waals surface area contributed by atoms with Crippen LogP contribution in [0.4, 0.5) is 8.78 Å². The molecule has 0 saturated heterocycles. The molecule has 1 unspecified atom stereocenters. The lowest BCUT2D eigenvalue weighted by Gasteiger charge is -2.20. The van der Waals surface area contributed by atoms with E-state index in [2.05, 4.69) is 5.32 Å². The average molecular weight is 287 g/mol. The van der Waals surface area contributed by atoms with E-state index in [-0.39, 0.29) is 25.0 Å². The Morgan fingerprint density at radius 2 is 2.05 bits per heavy atom. The second-order valence-corrected chi connectivity index (χ2v) is 4.49. The molecule has 20 heavy (non-hydrogen) atoms. The van der Waals surface area contributed by atoms with E-state index in [0.29, 0.717) is 0 Å². The van der Waals surface area contributed by atoms with Crippen LogP contribution in [-0.2, 0) is 9.53 Å². The smallest absolute Gasteiger partial charge is 0.326 e. The summed E-state index contributed by atoms with van der Waals surface area (Å²) >= 11 is 0. The topological polar surface area (TPSA) is 47.6 Å². The number of esters is 1. The Morgan fingerprint density at radius 3 is 2.65 bits per heavy atom. The van der Waals surface area contributed by atoms with Crippen LogP contribution in [0.15, 0.2) is 18.2 Å². The molecule has 0 aliphatic heterocycles. The Bertz CT molecular complexity index is 452. The molecule has 1 rings (SSSR count). The molecule has 112 valence electrons. The number of ether oxygens (including phenoxy) is 2. The van der Waals surface area contributed by atoms with Crippen LogP contribution in [0.2, 0.25) is 0 Å². The van der Waals surface area contributed by atoms with E-state index >= 15 is 0 Å². The predicted octanol–water partition coefficient (Wildman–Crippen LogP) is 2.27. The van der Waals surface area contributed by atoms with Gasteiger partial charge in [-0.3, -0.25) is 10.1 Å². The van der Waals surface area contributed by atoms with Gasteiger partial charge in [0.1, 0.15) is 12.6 Å². The summed E-state index contributed by atoms with van der Waals surface area (Å²) in [5.41, 5.74) is 0. The van der Waals surface area contributed by atoms with Gasteiger partial charge in [-0.2, -0.15) is 4.39 Å². The summed E-state index contributed by atoms with van der Waals surface area (Å²) in [7, 11) is 0. The maximum absolute atomic E-state index is 13.4. The third-order valence-electron chi connectivity index (χ3n) is 2.43. The zero-order valence-corrected chi connectivity index (χ0v) is 11.8. The highest BCUT2D eigenvalue weighted by Gasteiger charge is 2.22. The van der Waals surface area contributed by atoms with Crippen LogP contribution in [-0.4, -0.2) is 31.3 Å². The average Bonchev–Trinajstić information content (AvgIpc) is 2.38. The minimum absolute atomic E-state index is 0.0189. The van der Waals surface area contributed by atoms with Gasteiger partial charge in [-0.05, 0) is 19.1 Å². The first-order chi connectivity index (χ1) is 9.45. The van der Waals surface area contributed by atoms with Crippen LogP contribution in [0, 0.1) is 11.6 Å².